The molecule has 12 rings (SSSR count). The first-order valence-electron chi connectivity index (χ1n) is 21.3. The molecular formula is C60H40N2. The second kappa shape index (κ2) is 14.8. The summed E-state index contributed by atoms with van der Waals surface area (Å²) < 4.78 is 2.39. The smallest absolute Gasteiger partial charge is 0.0541 e. The molecule has 0 radical (unpaired) electrons. The van der Waals surface area contributed by atoms with E-state index in [-0.39, 0.29) is 0 Å². The molecule has 11 aromatic carbocycles. The summed E-state index contributed by atoms with van der Waals surface area (Å²) in [5.41, 5.74) is 14.1. The highest BCUT2D eigenvalue weighted by molar-refractivity contribution is 6.14. The number of hydrogen-bond donors (Lipinski definition) is 0. The maximum Gasteiger partial charge on any atom is 0.0541 e. The van der Waals surface area contributed by atoms with E-state index in [9.17, 15) is 0 Å². The lowest BCUT2D eigenvalue weighted by atomic mass is 9.93. The first kappa shape index (κ1) is 35.7. The van der Waals surface area contributed by atoms with Crippen LogP contribution in [0, 0.1) is 0 Å². The molecule has 2 nitrogen and oxygen atoms in total. The van der Waals surface area contributed by atoms with Crippen molar-refractivity contribution in [3.8, 4) is 39.1 Å². The molecule has 290 valence electrons. The summed E-state index contributed by atoms with van der Waals surface area (Å²) >= 11 is 0. The summed E-state index contributed by atoms with van der Waals surface area (Å²) in [4.78, 5) is 2.37. The van der Waals surface area contributed by atoms with Crippen LogP contribution in [0.25, 0.3) is 93.2 Å². The van der Waals surface area contributed by atoms with Gasteiger partial charge in [-0.15, -0.1) is 0 Å². The Hall–Kier alpha value is -8.20. The zero-order valence-corrected chi connectivity index (χ0v) is 34.0. The van der Waals surface area contributed by atoms with E-state index >= 15 is 0 Å². The van der Waals surface area contributed by atoms with Gasteiger partial charge in [-0.3, -0.25) is 0 Å². The van der Waals surface area contributed by atoms with Crippen molar-refractivity contribution in [3.63, 3.8) is 0 Å². The largest absolute Gasteiger partial charge is 0.311 e. The minimum Gasteiger partial charge on any atom is -0.311 e. The quantitative estimate of drug-likeness (QED) is 0.146. The number of para-hydroxylation sites is 2. The monoisotopic (exact) mass is 788 g/mol. The van der Waals surface area contributed by atoms with E-state index in [1.165, 1.54) is 87.5 Å². The van der Waals surface area contributed by atoms with Gasteiger partial charge in [-0.05, 0) is 132 Å². The Kier molecular flexibility index (Phi) is 8.53. The molecule has 0 bridgehead atoms. The van der Waals surface area contributed by atoms with Crippen molar-refractivity contribution in [2.24, 2.45) is 0 Å². The lowest BCUT2D eigenvalue weighted by Gasteiger charge is -2.26. The van der Waals surface area contributed by atoms with Gasteiger partial charge < -0.3 is 9.47 Å². The third-order valence-electron chi connectivity index (χ3n) is 12.6. The van der Waals surface area contributed by atoms with Gasteiger partial charge in [-0.2, -0.15) is 0 Å². The third-order valence-corrected chi connectivity index (χ3v) is 12.6. The zero-order chi connectivity index (χ0) is 41.0. The number of anilines is 3. The molecule has 0 saturated carbocycles. The van der Waals surface area contributed by atoms with Crippen molar-refractivity contribution in [1.82, 2.24) is 4.57 Å². The third kappa shape index (κ3) is 6.04. The minimum atomic E-state index is 1.09. The van der Waals surface area contributed by atoms with Crippen molar-refractivity contribution >= 4 is 71.2 Å². The van der Waals surface area contributed by atoms with Crippen molar-refractivity contribution in [2.45, 2.75) is 0 Å². The molecule has 1 aromatic heterocycles. The van der Waals surface area contributed by atoms with E-state index in [0.717, 1.165) is 22.7 Å². The lowest BCUT2D eigenvalue weighted by molar-refractivity contribution is 1.18. The molecule has 0 fully saturated rings. The Morgan fingerprint density at radius 1 is 0.258 bits per heavy atom. The van der Waals surface area contributed by atoms with Crippen LogP contribution in [0.3, 0.4) is 0 Å². The van der Waals surface area contributed by atoms with Crippen molar-refractivity contribution < 1.29 is 0 Å². The van der Waals surface area contributed by atoms with Crippen LogP contribution in [0.2, 0.25) is 0 Å². The molecule has 0 unspecified atom stereocenters. The summed E-state index contributed by atoms with van der Waals surface area (Å²) in [5.74, 6) is 0. The fourth-order valence-corrected chi connectivity index (χ4v) is 9.63. The highest BCUT2D eigenvalue weighted by Gasteiger charge is 2.17. The molecule has 0 spiro atoms. The normalized spacial score (nSPS) is 11.5. The van der Waals surface area contributed by atoms with Gasteiger partial charge >= 0.3 is 0 Å². The molecule has 0 aliphatic heterocycles. The van der Waals surface area contributed by atoms with Crippen LogP contribution in [0.1, 0.15) is 0 Å². The van der Waals surface area contributed by atoms with Gasteiger partial charge in [-0.1, -0.05) is 176 Å². The molecule has 0 aliphatic rings. The molecule has 0 N–H and O–H groups in total. The first-order chi connectivity index (χ1) is 30.7. The maximum absolute atomic E-state index is 2.39. The second-order valence-corrected chi connectivity index (χ2v) is 16.1. The van der Waals surface area contributed by atoms with Crippen LogP contribution < -0.4 is 4.90 Å². The summed E-state index contributed by atoms with van der Waals surface area (Å²) in [7, 11) is 0. The summed E-state index contributed by atoms with van der Waals surface area (Å²) in [6.45, 7) is 0. The van der Waals surface area contributed by atoms with E-state index in [2.05, 4.69) is 252 Å². The Balaban J connectivity index is 0.943. The zero-order valence-electron chi connectivity index (χ0n) is 34.0. The van der Waals surface area contributed by atoms with E-state index in [1.54, 1.807) is 0 Å². The fraction of sp³-hybridized carbons (Fsp3) is 0. The Labute approximate surface area is 360 Å². The standard InChI is InChI=1S/C60H40N2/c1-3-18-51-42(13-1)15-12-24-52(51)43-29-35-48(36-30-43)61(49-37-31-44(32-38-49)58-40-46-14-2-4-19-53(46)54-20-5-6-21-55(54)58)47-33-27-41(28-34-47)45-16-11-17-50(39-45)62-59-25-9-7-22-56(59)57-23-8-10-26-60(57)62/h1-40H. The van der Waals surface area contributed by atoms with Crippen LogP contribution in [-0.2, 0) is 0 Å². The Morgan fingerprint density at radius 2 is 0.726 bits per heavy atom. The van der Waals surface area contributed by atoms with E-state index in [1.807, 2.05) is 0 Å². The molecule has 2 heteroatoms. The number of rotatable bonds is 7. The highest BCUT2D eigenvalue weighted by atomic mass is 15.1. The van der Waals surface area contributed by atoms with Gasteiger partial charge in [0.05, 0.1) is 11.0 Å². The van der Waals surface area contributed by atoms with Gasteiger partial charge in [0.25, 0.3) is 0 Å². The average Bonchev–Trinajstić information content (AvgIpc) is 3.69. The molecule has 0 amide bonds. The molecular weight excluding hydrogens is 749 g/mol. The van der Waals surface area contributed by atoms with Crippen molar-refractivity contribution in [3.05, 3.63) is 243 Å². The van der Waals surface area contributed by atoms with Crippen molar-refractivity contribution in [2.75, 3.05) is 4.90 Å². The van der Waals surface area contributed by atoms with E-state index in [0.29, 0.717) is 0 Å². The van der Waals surface area contributed by atoms with E-state index < -0.39 is 0 Å². The van der Waals surface area contributed by atoms with Gasteiger partial charge in [-0.25, -0.2) is 0 Å². The van der Waals surface area contributed by atoms with Crippen LogP contribution in [0.4, 0.5) is 17.1 Å². The fourth-order valence-electron chi connectivity index (χ4n) is 9.63. The Morgan fingerprint density at radius 3 is 1.37 bits per heavy atom. The Bertz CT molecular complexity index is 3560. The number of hydrogen-bond acceptors (Lipinski definition) is 1. The molecule has 0 atom stereocenters. The number of fused-ring (bicyclic) bond motifs is 7. The predicted molar refractivity (Wildman–Crippen MR) is 264 cm³/mol. The topological polar surface area (TPSA) is 8.17 Å². The minimum absolute atomic E-state index is 1.09. The van der Waals surface area contributed by atoms with Crippen LogP contribution in [-0.4, -0.2) is 4.57 Å². The molecule has 0 aliphatic carbocycles. The van der Waals surface area contributed by atoms with Crippen molar-refractivity contribution in [1.29, 1.82) is 0 Å². The van der Waals surface area contributed by atoms with Gasteiger partial charge in [0.2, 0.25) is 0 Å². The van der Waals surface area contributed by atoms with Crippen LogP contribution in [0.5, 0.6) is 0 Å². The molecule has 0 saturated heterocycles. The summed E-state index contributed by atoms with van der Waals surface area (Å²) in [5, 5.41) is 10.1. The van der Waals surface area contributed by atoms with E-state index in [4.69, 9.17) is 0 Å². The predicted octanol–water partition coefficient (Wildman–Crippen LogP) is 16.7. The maximum atomic E-state index is 2.39. The van der Waals surface area contributed by atoms with Gasteiger partial charge in [0.15, 0.2) is 0 Å². The summed E-state index contributed by atoms with van der Waals surface area (Å²) in [6, 6.07) is 88.4. The molecule has 62 heavy (non-hydrogen) atoms. The van der Waals surface area contributed by atoms with Crippen LogP contribution in [0.15, 0.2) is 243 Å². The molecule has 12 aromatic rings. The first-order valence-corrected chi connectivity index (χ1v) is 21.3. The SMILES string of the molecule is c1cc(-c2ccc(N(c3ccc(-c4cccc5ccccc45)cc3)c3ccc(-c4cc5ccccc5c5ccccc45)cc3)cc2)cc(-n2c3ccccc3c3ccccc32)c1. The number of benzene rings is 11. The lowest BCUT2D eigenvalue weighted by Crippen LogP contribution is -2.09. The van der Waals surface area contributed by atoms with Gasteiger partial charge in [0, 0.05) is 33.5 Å². The van der Waals surface area contributed by atoms with Crippen LogP contribution >= 0.6 is 0 Å². The average molecular weight is 789 g/mol. The second-order valence-electron chi connectivity index (χ2n) is 16.1. The summed E-state index contributed by atoms with van der Waals surface area (Å²) in [6.07, 6.45) is 0. The number of nitrogens with zero attached hydrogens (tertiary/aromatic N) is 2. The van der Waals surface area contributed by atoms with Gasteiger partial charge in [0.1, 0.15) is 0 Å². The number of aromatic nitrogens is 1. The molecule has 1 heterocycles. The highest BCUT2D eigenvalue weighted by Crippen LogP contribution is 2.41.